The highest BCUT2D eigenvalue weighted by Gasteiger charge is 2.18. The van der Waals surface area contributed by atoms with Gasteiger partial charge in [-0.25, -0.2) is 4.39 Å². The molecule has 0 spiro atoms. The van der Waals surface area contributed by atoms with Gasteiger partial charge in [-0.2, -0.15) is 0 Å². The molecule has 1 aliphatic heterocycles. The molecule has 1 saturated heterocycles. The van der Waals surface area contributed by atoms with Crippen LogP contribution in [-0.4, -0.2) is 43.1 Å². The van der Waals surface area contributed by atoms with Crippen LogP contribution in [0.3, 0.4) is 0 Å². The zero-order chi connectivity index (χ0) is 12.4. The Labute approximate surface area is 106 Å². The Bertz CT molecular complexity index is 428. The quantitative estimate of drug-likeness (QED) is 0.803. The van der Waals surface area contributed by atoms with Crippen LogP contribution in [0.5, 0.6) is 0 Å². The van der Waals surface area contributed by atoms with Crippen LogP contribution in [0.1, 0.15) is 5.56 Å². The number of hydrogen-bond donors (Lipinski definition) is 1. The Morgan fingerprint density at radius 3 is 2.53 bits per heavy atom. The van der Waals surface area contributed by atoms with Crippen LogP contribution in [0.25, 0.3) is 0 Å². The summed E-state index contributed by atoms with van der Waals surface area (Å²) in [4.78, 5) is 4.72. The maximum atomic E-state index is 13.2. The van der Waals surface area contributed by atoms with Crippen molar-refractivity contribution in [3.63, 3.8) is 0 Å². The molecule has 1 aromatic carbocycles. The van der Waals surface area contributed by atoms with Gasteiger partial charge in [-0.3, -0.25) is 0 Å². The average molecular weight is 253 g/mol. The summed E-state index contributed by atoms with van der Waals surface area (Å²) in [5.74, 6) is -0.300. The number of rotatable bonds is 2. The van der Waals surface area contributed by atoms with E-state index in [9.17, 15) is 4.39 Å². The smallest absolute Gasteiger partial charge is 0.124 e. The monoisotopic (exact) mass is 253 g/mol. The fourth-order valence-electron chi connectivity index (χ4n) is 2.03. The molecule has 1 heterocycles. The van der Waals surface area contributed by atoms with Crippen molar-refractivity contribution in [2.24, 2.45) is 5.73 Å². The minimum absolute atomic E-state index is 0.249. The molecule has 0 aromatic heterocycles. The molecule has 0 bridgehead atoms. The second kappa shape index (κ2) is 4.98. The fourth-order valence-corrected chi connectivity index (χ4v) is 2.19. The molecule has 0 aliphatic carbocycles. The highest BCUT2D eigenvalue weighted by Crippen LogP contribution is 2.22. The second-order valence-electron chi connectivity index (χ2n) is 4.32. The first-order valence-electron chi connectivity index (χ1n) is 5.61. The van der Waals surface area contributed by atoms with Crippen molar-refractivity contribution in [1.29, 1.82) is 0 Å². The minimum atomic E-state index is -0.300. The van der Waals surface area contributed by atoms with E-state index in [0.717, 1.165) is 31.9 Å². The van der Waals surface area contributed by atoms with E-state index >= 15 is 0 Å². The predicted octanol–water partition coefficient (Wildman–Crippen LogP) is 1.21. The number of benzene rings is 1. The molecule has 0 amide bonds. The topological polar surface area (TPSA) is 32.5 Å². The summed E-state index contributed by atoms with van der Waals surface area (Å²) in [5.41, 5.74) is 7.21. The molecule has 5 heteroatoms. The average Bonchev–Trinajstić information content (AvgIpc) is 2.30. The zero-order valence-corrected chi connectivity index (χ0v) is 10.6. The maximum absolute atomic E-state index is 13.2. The maximum Gasteiger partial charge on any atom is 0.124 e. The van der Waals surface area contributed by atoms with Gasteiger partial charge >= 0.3 is 0 Å². The Kier molecular flexibility index (Phi) is 3.59. The number of halogens is 1. The standard InChI is InChI=1S/C12H16FN3S/c1-15-4-6-16(7-5-15)11-3-2-9(13)8-10(11)12(14)17/h2-3,8H,4-7H2,1H3,(H2,14,17). The SMILES string of the molecule is CN1CCN(c2ccc(F)cc2C(N)=S)CC1. The van der Waals surface area contributed by atoms with Gasteiger partial charge in [0.2, 0.25) is 0 Å². The Balaban J connectivity index is 2.28. The molecule has 1 fully saturated rings. The molecule has 0 atom stereocenters. The number of hydrogen-bond acceptors (Lipinski definition) is 3. The van der Waals surface area contributed by atoms with Gasteiger partial charge < -0.3 is 15.5 Å². The molecule has 2 N–H and O–H groups in total. The van der Waals surface area contributed by atoms with Crippen LogP contribution < -0.4 is 10.6 Å². The Morgan fingerprint density at radius 2 is 1.94 bits per heavy atom. The molecule has 0 saturated carbocycles. The summed E-state index contributed by atoms with van der Waals surface area (Å²) in [6.45, 7) is 3.82. The van der Waals surface area contributed by atoms with E-state index in [0.29, 0.717) is 5.56 Å². The third-order valence-corrected chi connectivity index (χ3v) is 3.29. The molecular weight excluding hydrogens is 237 g/mol. The normalized spacial score (nSPS) is 17.2. The summed E-state index contributed by atoms with van der Waals surface area (Å²) >= 11 is 4.98. The van der Waals surface area contributed by atoms with Crippen molar-refractivity contribution >= 4 is 22.9 Å². The summed E-state index contributed by atoms with van der Waals surface area (Å²) < 4.78 is 13.2. The minimum Gasteiger partial charge on any atom is -0.389 e. The molecule has 2 rings (SSSR count). The van der Waals surface area contributed by atoms with E-state index in [4.69, 9.17) is 18.0 Å². The molecule has 3 nitrogen and oxygen atoms in total. The van der Waals surface area contributed by atoms with Crippen molar-refractivity contribution in [3.05, 3.63) is 29.6 Å². The molecule has 1 aliphatic rings. The lowest BCUT2D eigenvalue weighted by molar-refractivity contribution is 0.313. The molecule has 92 valence electrons. The van der Waals surface area contributed by atoms with Crippen LogP contribution in [0.15, 0.2) is 18.2 Å². The largest absolute Gasteiger partial charge is 0.389 e. The summed E-state index contributed by atoms with van der Waals surface area (Å²) in [5, 5.41) is 0. The van der Waals surface area contributed by atoms with Crippen LogP contribution >= 0.6 is 12.2 Å². The molecule has 17 heavy (non-hydrogen) atoms. The summed E-state index contributed by atoms with van der Waals surface area (Å²) in [6, 6.07) is 4.63. The Morgan fingerprint density at radius 1 is 1.29 bits per heavy atom. The lowest BCUT2D eigenvalue weighted by Gasteiger charge is -2.35. The van der Waals surface area contributed by atoms with Gasteiger partial charge in [0.05, 0.1) is 0 Å². The van der Waals surface area contributed by atoms with Gasteiger partial charge in [0.15, 0.2) is 0 Å². The van der Waals surface area contributed by atoms with Crippen LogP contribution in [0, 0.1) is 5.82 Å². The van der Waals surface area contributed by atoms with E-state index in [1.54, 1.807) is 6.07 Å². The third-order valence-electron chi connectivity index (χ3n) is 3.07. The van der Waals surface area contributed by atoms with Crippen molar-refractivity contribution in [2.75, 3.05) is 38.1 Å². The van der Waals surface area contributed by atoms with Gasteiger partial charge in [-0.1, -0.05) is 12.2 Å². The van der Waals surface area contributed by atoms with Crippen LogP contribution in [0.4, 0.5) is 10.1 Å². The van der Waals surface area contributed by atoms with Gasteiger partial charge in [0, 0.05) is 37.4 Å². The van der Waals surface area contributed by atoms with E-state index < -0.39 is 0 Å². The van der Waals surface area contributed by atoms with E-state index in [1.165, 1.54) is 12.1 Å². The highest BCUT2D eigenvalue weighted by molar-refractivity contribution is 7.80. The molecule has 0 unspecified atom stereocenters. The van der Waals surface area contributed by atoms with Crippen molar-refractivity contribution in [2.45, 2.75) is 0 Å². The Hall–Kier alpha value is -1.20. The molecule has 0 radical (unpaired) electrons. The van der Waals surface area contributed by atoms with Gasteiger partial charge in [0.1, 0.15) is 10.8 Å². The van der Waals surface area contributed by atoms with Crippen LogP contribution in [-0.2, 0) is 0 Å². The number of nitrogens with two attached hydrogens (primary N) is 1. The summed E-state index contributed by atoms with van der Waals surface area (Å²) in [6.07, 6.45) is 0. The van der Waals surface area contributed by atoms with Gasteiger partial charge in [0.25, 0.3) is 0 Å². The summed E-state index contributed by atoms with van der Waals surface area (Å²) in [7, 11) is 2.09. The number of piperazine rings is 1. The number of likely N-dealkylation sites (N-methyl/N-ethyl adjacent to an activating group) is 1. The highest BCUT2D eigenvalue weighted by atomic mass is 32.1. The van der Waals surface area contributed by atoms with Crippen molar-refractivity contribution in [1.82, 2.24) is 4.90 Å². The lowest BCUT2D eigenvalue weighted by atomic mass is 10.1. The van der Waals surface area contributed by atoms with Gasteiger partial charge in [-0.05, 0) is 25.2 Å². The number of nitrogens with zero attached hydrogens (tertiary/aromatic N) is 2. The first-order chi connectivity index (χ1) is 8.08. The van der Waals surface area contributed by atoms with Crippen molar-refractivity contribution in [3.8, 4) is 0 Å². The van der Waals surface area contributed by atoms with Crippen molar-refractivity contribution < 1.29 is 4.39 Å². The molecular formula is C12H16FN3S. The third kappa shape index (κ3) is 2.73. The van der Waals surface area contributed by atoms with Crippen LogP contribution in [0.2, 0.25) is 0 Å². The predicted molar refractivity (Wildman–Crippen MR) is 72.0 cm³/mol. The number of thiocarbonyl (C=S) groups is 1. The molecule has 1 aromatic rings. The first kappa shape index (κ1) is 12.3. The second-order valence-corrected chi connectivity index (χ2v) is 4.76. The van der Waals surface area contributed by atoms with E-state index in [2.05, 4.69) is 16.8 Å². The fraction of sp³-hybridized carbons (Fsp3) is 0.417. The lowest BCUT2D eigenvalue weighted by Crippen LogP contribution is -2.45. The van der Waals surface area contributed by atoms with Gasteiger partial charge in [-0.15, -0.1) is 0 Å². The van der Waals surface area contributed by atoms with E-state index in [-0.39, 0.29) is 10.8 Å². The van der Waals surface area contributed by atoms with E-state index in [1.807, 2.05) is 0 Å². The first-order valence-corrected chi connectivity index (χ1v) is 6.01. The number of anilines is 1. The zero-order valence-electron chi connectivity index (χ0n) is 9.82.